The number of carbonyl (C=O) groups is 1. The fourth-order valence-electron chi connectivity index (χ4n) is 1.95. The Kier molecular flexibility index (Phi) is 4.64. The van der Waals surface area contributed by atoms with Crippen LogP contribution in [0.5, 0.6) is 0 Å². The largest absolute Gasteiger partial charge is 0.329 e. The molecular formula is C12H20N2O. The minimum atomic E-state index is -0.177. The van der Waals surface area contributed by atoms with Crippen LogP contribution in [0.2, 0.25) is 0 Å². The molecule has 1 N–H and O–H groups in total. The fourth-order valence-corrected chi connectivity index (χ4v) is 1.95. The van der Waals surface area contributed by atoms with Gasteiger partial charge in [-0.1, -0.05) is 0 Å². The Morgan fingerprint density at radius 3 is 2.60 bits per heavy atom. The number of piperidine rings is 1. The second kappa shape index (κ2) is 5.77. The molecule has 0 aliphatic carbocycles. The van der Waals surface area contributed by atoms with Crippen molar-refractivity contribution in [2.24, 2.45) is 5.92 Å². The summed E-state index contributed by atoms with van der Waals surface area (Å²) in [7, 11) is 0. The number of amides is 1. The first-order chi connectivity index (χ1) is 7.15. The third kappa shape index (κ3) is 3.56. The van der Waals surface area contributed by atoms with Crippen LogP contribution in [0, 0.1) is 18.3 Å². The monoisotopic (exact) mass is 208 g/mol. The molecule has 3 heteroatoms. The van der Waals surface area contributed by atoms with Crippen molar-refractivity contribution in [1.29, 1.82) is 0 Å². The molecule has 0 saturated carbocycles. The third-order valence-electron chi connectivity index (χ3n) is 2.92. The van der Waals surface area contributed by atoms with Crippen molar-refractivity contribution in [2.75, 3.05) is 19.6 Å². The van der Waals surface area contributed by atoms with E-state index < -0.39 is 0 Å². The van der Waals surface area contributed by atoms with Crippen LogP contribution < -0.4 is 5.32 Å². The molecule has 0 radical (unpaired) electrons. The van der Waals surface area contributed by atoms with Gasteiger partial charge in [-0.2, -0.15) is 0 Å². The maximum atomic E-state index is 11.5. The zero-order chi connectivity index (χ0) is 11.3. The highest BCUT2D eigenvalue weighted by molar-refractivity contribution is 5.93. The standard InChI is InChI=1S/C12H20N2O/c1-4-12(15)14(10(2)3)9-11-5-7-13-8-6-11/h1,10-11,13H,5-9H2,2-3H3. The molecule has 1 saturated heterocycles. The summed E-state index contributed by atoms with van der Waals surface area (Å²) in [5.41, 5.74) is 0. The molecule has 1 aliphatic rings. The molecule has 3 nitrogen and oxygen atoms in total. The van der Waals surface area contributed by atoms with E-state index in [0.717, 1.165) is 32.5 Å². The molecule has 1 fully saturated rings. The molecule has 15 heavy (non-hydrogen) atoms. The molecule has 0 aromatic rings. The van der Waals surface area contributed by atoms with Crippen LogP contribution in [0.3, 0.4) is 0 Å². The van der Waals surface area contributed by atoms with E-state index in [9.17, 15) is 4.79 Å². The highest BCUT2D eigenvalue weighted by Gasteiger charge is 2.21. The first-order valence-corrected chi connectivity index (χ1v) is 5.63. The van der Waals surface area contributed by atoms with Crippen molar-refractivity contribution in [3.63, 3.8) is 0 Å². The van der Waals surface area contributed by atoms with E-state index in [4.69, 9.17) is 6.42 Å². The second-order valence-corrected chi connectivity index (χ2v) is 4.39. The number of hydrogen-bond donors (Lipinski definition) is 1. The normalized spacial score (nSPS) is 17.5. The van der Waals surface area contributed by atoms with Crippen LogP contribution in [0.1, 0.15) is 26.7 Å². The number of rotatable bonds is 3. The van der Waals surface area contributed by atoms with Gasteiger partial charge in [0.1, 0.15) is 0 Å². The quantitative estimate of drug-likeness (QED) is 0.698. The topological polar surface area (TPSA) is 32.3 Å². The van der Waals surface area contributed by atoms with E-state index >= 15 is 0 Å². The van der Waals surface area contributed by atoms with E-state index in [2.05, 4.69) is 11.2 Å². The van der Waals surface area contributed by atoms with Crippen LogP contribution in [-0.4, -0.2) is 36.5 Å². The van der Waals surface area contributed by atoms with Crippen molar-refractivity contribution >= 4 is 5.91 Å². The highest BCUT2D eigenvalue weighted by atomic mass is 16.2. The van der Waals surface area contributed by atoms with Gasteiger partial charge in [-0.05, 0) is 51.6 Å². The van der Waals surface area contributed by atoms with Crippen molar-refractivity contribution in [1.82, 2.24) is 10.2 Å². The van der Waals surface area contributed by atoms with E-state index in [1.165, 1.54) is 0 Å². The van der Waals surface area contributed by atoms with Gasteiger partial charge in [0.05, 0.1) is 0 Å². The summed E-state index contributed by atoms with van der Waals surface area (Å²) in [6, 6.07) is 0.198. The lowest BCUT2D eigenvalue weighted by molar-refractivity contribution is -0.127. The van der Waals surface area contributed by atoms with E-state index in [0.29, 0.717) is 5.92 Å². The molecule has 1 aliphatic heterocycles. The summed E-state index contributed by atoms with van der Waals surface area (Å²) in [6.45, 7) is 6.94. The maximum absolute atomic E-state index is 11.5. The van der Waals surface area contributed by atoms with Crippen molar-refractivity contribution in [2.45, 2.75) is 32.7 Å². The Morgan fingerprint density at radius 1 is 1.53 bits per heavy atom. The molecule has 84 valence electrons. The number of hydrogen-bond acceptors (Lipinski definition) is 2. The zero-order valence-electron chi connectivity index (χ0n) is 9.62. The maximum Gasteiger partial charge on any atom is 0.298 e. The second-order valence-electron chi connectivity index (χ2n) is 4.39. The fraction of sp³-hybridized carbons (Fsp3) is 0.750. The molecular weight excluding hydrogens is 188 g/mol. The smallest absolute Gasteiger partial charge is 0.298 e. The molecule has 0 atom stereocenters. The first-order valence-electron chi connectivity index (χ1n) is 5.63. The SMILES string of the molecule is C#CC(=O)N(CC1CCNCC1)C(C)C. The minimum Gasteiger partial charge on any atom is -0.329 e. The molecule has 0 bridgehead atoms. The number of nitrogens with zero attached hydrogens (tertiary/aromatic N) is 1. The Bertz CT molecular complexity index is 249. The molecule has 0 aromatic carbocycles. The van der Waals surface area contributed by atoms with Crippen LogP contribution in [-0.2, 0) is 4.79 Å². The predicted octanol–water partition coefficient (Wildman–Crippen LogP) is 0.856. The van der Waals surface area contributed by atoms with Crippen molar-refractivity contribution < 1.29 is 4.79 Å². The van der Waals surface area contributed by atoms with Crippen LogP contribution >= 0.6 is 0 Å². The van der Waals surface area contributed by atoms with Gasteiger partial charge in [-0.15, -0.1) is 6.42 Å². The Morgan fingerprint density at radius 2 is 2.13 bits per heavy atom. The predicted molar refractivity (Wildman–Crippen MR) is 61.3 cm³/mol. The lowest BCUT2D eigenvalue weighted by Gasteiger charge is -2.31. The van der Waals surface area contributed by atoms with Crippen molar-refractivity contribution in [3.8, 4) is 12.3 Å². The first kappa shape index (κ1) is 12.1. The van der Waals surface area contributed by atoms with Gasteiger partial charge in [0, 0.05) is 12.6 Å². The summed E-state index contributed by atoms with van der Waals surface area (Å²) in [4.78, 5) is 13.3. The van der Waals surface area contributed by atoms with Crippen LogP contribution in [0.15, 0.2) is 0 Å². The zero-order valence-corrected chi connectivity index (χ0v) is 9.62. The summed E-state index contributed by atoms with van der Waals surface area (Å²) >= 11 is 0. The molecule has 0 aromatic heterocycles. The number of terminal acetylenes is 1. The summed E-state index contributed by atoms with van der Waals surface area (Å²) < 4.78 is 0. The Balaban J connectivity index is 2.50. The van der Waals surface area contributed by atoms with Crippen LogP contribution in [0.4, 0.5) is 0 Å². The number of carbonyl (C=O) groups excluding carboxylic acids is 1. The van der Waals surface area contributed by atoms with Gasteiger partial charge in [0.2, 0.25) is 0 Å². The summed E-state index contributed by atoms with van der Waals surface area (Å²) in [5.74, 6) is 2.63. The van der Waals surface area contributed by atoms with Crippen LogP contribution in [0.25, 0.3) is 0 Å². The van der Waals surface area contributed by atoms with Gasteiger partial charge >= 0.3 is 0 Å². The average Bonchev–Trinajstić information content (AvgIpc) is 2.26. The number of nitrogens with one attached hydrogen (secondary N) is 1. The average molecular weight is 208 g/mol. The molecule has 1 heterocycles. The van der Waals surface area contributed by atoms with E-state index in [-0.39, 0.29) is 11.9 Å². The molecule has 1 rings (SSSR count). The summed E-state index contributed by atoms with van der Waals surface area (Å²) in [6.07, 6.45) is 7.44. The lowest BCUT2D eigenvalue weighted by atomic mass is 9.97. The van der Waals surface area contributed by atoms with E-state index in [1.807, 2.05) is 13.8 Å². The van der Waals surface area contributed by atoms with Gasteiger partial charge in [-0.25, -0.2) is 0 Å². The third-order valence-corrected chi connectivity index (χ3v) is 2.92. The van der Waals surface area contributed by atoms with Gasteiger partial charge in [0.25, 0.3) is 5.91 Å². The Labute approximate surface area is 92.2 Å². The van der Waals surface area contributed by atoms with Gasteiger partial charge < -0.3 is 10.2 Å². The van der Waals surface area contributed by atoms with Gasteiger partial charge in [-0.3, -0.25) is 4.79 Å². The van der Waals surface area contributed by atoms with E-state index in [1.54, 1.807) is 4.90 Å². The minimum absolute atomic E-state index is 0.177. The van der Waals surface area contributed by atoms with Crippen molar-refractivity contribution in [3.05, 3.63) is 0 Å². The Hall–Kier alpha value is -1.01. The highest BCUT2D eigenvalue weighted by Crippen LogP contribution is 2.15. The summed E-state index contributed by atoms with van der Waals surface area (Å²) in [5, 5.41) is 3.32. The van der Waals surface area contributed by atoms with Gasteiger partial charge in [0.15, 0.2) is 0 Å². The molecule has 1 amide bonds. The lowest BCUT2D eigenvalue weighted by Crippen LogP contribution is -2.42. The molecule has 0 spiro atoms. The molecule has 0 unspecified atom stereocenters.